The summed E-state index contributed by atoms with van der Waals surface area (Å²) in [5, 5.41) is 9.32. The Labute approximate surface area is 135 Å². The first-order chi connectivity index (χ1) is 10.9. The second kappa shape index (κ2) is 6.96. The van der Waals surface area contributed by atoms with E-state index < -0.39 is 5.97 Å². The van der Waals surface area contributed by atoms with E-state index in [1.165, 1.54) is 6.07 Å². The molecule has 0 aliphatic carbocycles. The molecule has 0 aliphatic heterocycles. The van der Waals surface area contributed by atoms with Crippen LogP contribution >= 0.6 is 0 Å². The highest BCUT2D eigenvalue weighted by Gasteiger charge is 2.19. The molecule has 0 unspecified atom stereocenters. The summed E-state index contributed by atoms with van der Waals surface area (Å²) in [6, 6.07) is 11.4. The standard InChI is InChI=1S/C18H19NO4/c1-4-23-14-8-5-12(6-9-14)17(20)16-11-13(19(2)3)7-10-15(16)18(21)22/h5-11H,4H2,1-3H3,(H,21,22). The van der Waals surface area contributed by atoms with Gasteiger partial charge < -0.3 is 14.7 Å². The lowest BCUT2D eigenvalue weighted by Gasteiger charge is -2.15. The molecule has 0 saturated carbocycles. The normalized spacial score (nSPS) is 10.2. The van der Waals surface area contributed by atoms with Gasteiger partial charge in [-0.1, -0.05) is 0 Å². The van der Waals surface area contributed by atoms with E-state index in [4.69, 9.17) is 4.74 Å². The van der Waals surface area contributed by atoms with Gasteiger partial charge in [0.15, 0.2) is 5.78 Å². The third kappa shape index (κ3) is 3.69. The van der Waals surface area contributed by atoms with E-state index in [9.17, 15) is 14.7 Å². The number of hydrogen-bond donors (Lipinski definition) is 1. The van der Waals surface area contributed by atoms with Gasteiger partial charge in [0.25, 0.3) is 0 Å². The Morgan fingerprint density at radius 1 is 1.04 bits per heavy atom. The maximum absolute atomic E-state index is 12.7. The van der Waals surface area contributed by atoms with E-state index >= 15 is 0 Å². The average molecular weight is 313 g/mol. The summed E-state index contributed by atoms with van der Waals surface area (Å²) in [5.41, 5.74) is 1.36. The SMILES string of the molecule is CCOc1ccc(C(=O)c2cc(N(C)C)ccc2C(=O)O)cc1. The average Bonchev–Trinajstić information content (AvgIpc) is 2.54. The predicted octanol–water partition coefficient (Wildman–Crippen LogP) is 3.08. The van der Waals surface area contributed by atoms with Crippen LogP contribution in [0.5, 0.6) is 5.75 Å². The molecule has 0 aliphatic rings. The third-order valence-corrected chi connectivity index (χ3v) is 3.42. The van der Waals surface area contributed by atoms with Crippen molar-refractivity contribution in [3.8, 4) is 5.75 Å². The Kier molecular flexibility index (Phi) is 5.01. The molecule has 0 aromatic heterocycles. The van der Waals surface area contributed by atoms with E-state index in [1.54, 1.807) is 36.4 Å². The summed E-state index contributed by atoms with van der Waals surface area (Å²) < 4.78 is 5.35. The molecule has 0 atom stereocenters. The minimum atomic E-state index is -1.12. The largest absolute Gasteiger partial charge is 0.494 e. The first-order valence-electron chi connectivity index (χ1n) is 7.26. The van der Waals surface area contributed by atoms with Crippen molar-refractivity contribution in [3.63, 3.8) is 0 Å². The third-order valence-electron chi connectivity index (χ3n) is 3.42. The highest BCUT2D eigenvalue weighted by Crippen LogP contribution is 2.22. The highest BCUT2D eigenvalue weighted by atomic mass is 16.5. The van der Waals surface area contributed by atoms with Crippen LogP contribution in [0.3, 0.4) is 0 Å². The fraction of sp³-hybridized carbons (Fsp3) is 0.222. The summed E-state index contributed by atoms with van der Waals surface area (Å²) in [6.07, 6.45) is 0. The van der Waals surface area contributed by atoms with Crippen molar-refractivity contribution < 1.29 is 19.4 Å². The Morgan fingerprint density at radius 2 is 1.70 bits per heavy atom. The monoisotopic (exact) mass is 313 g/mol. The minimum Gasteiger partial charge on any atom is -0.494 e. The number of benzene rings is 2. The van der Waals surface area contributed by atoms with Crippen molar-refractivity contribution in [1.29, 1.82) is 0 Å². The number of anilines is 1. The van der Waals surface area contributed by atoms with Crippen molar-refractivity contribution in [2.24, 2.45) is 0 Å². The lowest BCUT2D eigenvalue weighted by atomic mass is 9.97. The van der Waals surface area contributed by atoms with Crippen LogP contribution in [-0.2, 0) is 0 Å². The van der Waals surface area contributed by atoms with E-state index in [0.29, 0.717) is 17.9 Å². The molecule has 0 heterocycles. The maximum atomic E-state index is 12.7. The molecular formula is C18H19NO4. The van der Waals surface area contributed by atoms with E-state index in [0.717, 1.165) is 5.69 Å². The van der Waals surface area contributed by atoms with Crippen LogP contribution in [0.1, 0.15) is 33.2 Å². The molecular weight excluding hydrogens is 294 g/mol. The number of carbonyl (C=O) groups excluding carboxylic acids is 1. The summed E-state index contributed by atoms with van der Waals surface area (Å²) >= 11 is 0. The Bertz CT molecular complexity index is 720. The van der Waals surface area contributed by atoms with E-state index in [2.05, 4.69) is 0 Å². The van der Waals surface area contributed by atoms with Crippen molar-refractivity contribution in [2.45, 2.75) is 6.92 Å². The van der Waals surface area contributed by atoms with Gasteiger partial charge in [-0.25, -0.2) is 4.79 Å². The zero-order valence-corrected chi connectivity index (χ0v) is 13.4. The fourth-order valence-electron chi connectivity index (χ4n) is 2.21. The number of carbonyl (C=O) groups is 2. The zero-order chi connectivity index (χ0) is 17.0. The molecule has 120 valence electrons. The van der Waals surface area contributed by atoms with Crippen molar-refractivity contribution >= 4 is 17.4 Å². The number of carboxylic acid groups (broad SMARTS) is 1. The molecule has 5 heteroatoms. The quantitative estimate of drug-likeness (QED) is 0.830. The molecule has 0 spiro atoms. The number of aromatic carboxylic acids is 1. The van der Waals surface area contributed by atoms with E-state index in [1.807, 2.05) is 25.9 Å². The van der Waals surface area contributed by atoms with Gasteiger partial charge in [-0.05, 0) is 49.4 Å². The molecule has 2 aromatic rings. The first kappa shape index (κ1) is 16.5. The number of carboxylic acids is 1. The Hall–Kier alpha value is -2.82. The van der Waals surface area contributed by atoms with Crippen LogP contribution in [0.4, 0.5) is 5.69 Å². The van der Waals surface area contributed by atoms with Gasteiger partial charge in [-0.3, -0.25) is 4.79 Å². The van der Waals surface area contributed by atoms with Gasteiger partial charge in [-0.2, -0.15) is 0 Å². The van der Waals surface area contributed by atoms with Gasteiger partial charge in [0.1, 0.15) is 5.75 Å². The van der Waals surface area contributed by atoms with Crippen LogP contribution in [0, 0.1) is 0 Å². The first-order valence-corrected chi connectivity index (χ1v) is 7.26. The lowest BCUT2D eigenvalue weighted by Crippen LogP contribution is -2.14. The number of hydrogen-bond acceptors (Lipinski definition) is 4. The van der Waals surface area contributed by atoms with Crippen LogP contribution in [0.2, 0.25) is 0 Å². The summed E-state index contributed by atoms with van der Waals surface area (Å²) in [7, 11) is 3.67. The number of ketones is 1. The molecule has 0 bridgehead atoms. The summed E-state index contributed by atoms with van der Waals surface area (Å²) in [5.74, 6) is -0.775. The fourth-order valence-corrected chi connectivity index (χ4v) is 2.21. The van der Waals surface area contributed by atoms with Gasteiger partial charge >= 0.3 is 5.97 Å². The van der Waals surface area contributed by atoms with Gasteiger partial charge in [0, 0.05) is 30.9 Å². The molecule has 0 radical (unpaired) electrons. The van der Waals surface area contributed by atoms with Crippen molar-refractivity contribution in [1.82, 2.24) is 0 Å². The zero-order valence-electron chi connectivity index (χ0n) is 13.4. The summed E-state index contributed by atoms with van der Waals surface area (Å²) in [4.78, 5) is 25.9. The molecule has 23 heavy (non-hydrogen) atoms. The molecule has 0 amide bonds. The molecule has 0 fully saturated rings. The van der Waals surface area contributed by atoms with Crippen LogP contribution < -0.4 is 9.64 Å². The number of nitrogens with zero attached hydrogens (tertiary/aromatic N) is 1. The van der Waals surface area contributed by atoms with E-state index in [-0.39, 0.29) is 16.9 Å². The van der Waals surface area contributed by atoms with Gasteiger partial charge in [-0.15, -0.1) is 0 Å². The minimum absolute atomic E-state index is 0.00511. The number of ether oxygens (including phenoxy) is 1. The number of rotatable bonds is 6. The second-order valence-corrected chi connectivity index (χ2v) is 5.22. The molecule has 2 rings (SSSR count). The van der Waals surface area contributed by atoms with Crippen LogP contribution in [0.25, 0.3) is 0 Å². The molecule has 2 aromatic carbocycles. The molecule has 5 nitrogen and oxygen atoms in total. The smallest absolute Gasteiger partial charge is 0.336 e. The highest BCUT2D eigenvalue weighted by molar-refractivity contribution is 6.14. The van der Waals surface area contributed by atoms with Gasteiger partial charge in [0.05, 0.1) is 12.2 Å². The topological polar surface area (TPSA) is 66.8 Å². The lowest BCUT2D eigenvalue weighted by molar-refractivity contribution is 0.0693. The van der Waals surface area contributed by atoms with Crippen LogP contribution in [0.15, 0.2) is 42.5 Å². The summed E-state index contributed by atoms with van der Waals surface area (Å²) in [6.45, 7) is 2.42. The Balaban J connectivity index is 2.44. The second-order valence-electron chi connectivity index (χ2n) is 5.22. The van der Waals surface area contributed by atoms with Crippen molar-refractivity contribution in [3.05, 3.63) is 59.2 Å². The maximum Gasteiger partial charge on any atom is 0.336 e. The predicted molar refractivity (Wildman–Crippen MR) is 88.8 cm³/mol. The van der Waals surface area contributed by atoms with Crippen molar-refractivity contribution in [2.75, 3.05) is 25.6 Å². The van der Waals surface area contributed by atoms with Crippen LogP contribution in [-0.4, -0.2) is 37.6 Å². The molecule has 1 N–H and O–H groups in total. The Morgan fingerprint density at radius 3 is 2.22 bits per heavy atom. The molecule has 0 saturated heterocycles. The van der Waals surface area contributed by atoms with Gasteiger partial charge in [0.2, 0.25) is 0 Å².